The summed E-state index contributed by atoms with van der Waals surface area (Å²) in [6.45, 7) is 23.8. The van der Waals surface area contributed by atoms with Gasteiger partial charge in [-0.1, -0.05) is 77.4 Å². The molecule has 1 atom stereocenters. The lowest BCUT2D eigenvalue weighted by molar-refractivity contribution is 0.0509. The molecule has 1 amide bonds. The number of aryl methyl sites for hydroxylation is 4. The van der Waals surface area contributed by atoms with Crippen molar-refractivity contribution < 1.29 is 15.7 Å². The molecule has 0 fully saturated rings. The summed E-state index contributed by atoms with van der Waals surface area (Å²) in [5, 5.41) is 0. The molecule has 50 heavy (non-hydrogen) atoms. The number of hydrogen-bond donors (Lipinski definition) is 0. The van der Waals surface area contributed by atoms with Crippen LogP contribution < -0.4 is 9.64 Å². The van der Waals surface area contributed by atoms with Gasteiger partial charge in [0.25, 0.3) is 5.91 Å². The molecule has 2 heterocycles. The fraction of sp³-hybridized carbons (Fsp3) is 0.488. The first-order valence-electron chi connectivity index (χ1n) is 17.5. The SMILES string of the molecule is COCCN(CC(C)(C)C)c1cncc(CN(C(=O)c2cccc(C)c2)[C@@H](COc2cc(-c3c(C)cccc3C)nc(C)n2)CC(C)(C)C)n1.[HH]. The molecule has 270 valence electrons. The van der Waals surface area contributed by atoms with Crippen molar-refractivity contribution in [1.29, 1.82) is 0 Å². The molecule has 0 aliphatic heterocycles. The van der Waals surface area contributed by atoms with Gasteiger partial charge in [-0.15, -0.1) is 0 Å². The van der Waals surface area contributed by atoms with Crippen LogP contribution in [-0.4, -0.2) is 70.2 Å². The number of hydrogen-bond acceptors (Lipinski definition) is 8. The van der Waals surface area contributed by atoms with Crippen molar-refractivity contribution in [3.63, 3.8) is 0 Å². The van der Waals surface area contributed by atoms with E-state index >= 15 is 0 Å². The molecule has 2 aromatic heterocycles. The molecule has 0 saturated heterocycles. The number of anilines is 1. The van der Waals surface area contributed by atoms with E-state index < -0.39 is 0 Å². The maximum absolute atomic E-state index is 14.5. The third kappa shape index (κ3) is 11.1. The van der Waals surface area contributed by atoms with Crippen molar-refractivity contribution in [2.75, 3.05) is 38.3 Å². The van der Waals surface area contributed by atoms with Crippen molar-refractivity contribution in [3.05, 3.63) is 94.7 Å². The van der Waals surface area contributed by atoms with Crippen LogP contribution in [0.2, 0.25) is 0 Å². The van der Waals surface area contributed by atoms with Crippen molar-refractivity contribution in [1.82, 2.24) is 24.8 Å². The Kier molecular flexibility index (Phi) is 12.7. The topological polar surface area (TPSA) is 93.6 Å². The first kappa shape index (κ1) is 38.4. The molecule has 0 spiro atoms. The predicted octanol–water partition coefficient (Wildman–Crippen LogP) is 8.44. The lowest BCUT2D eigenvalue weighted by Gasteiger charge is -2.36. The number of amides is 1. The van der Waals surface area contributed by atoms with Crippen LogP contribution in [0.4, 0.5) is 5.82 Å². The van der Waals surface area contributed by atoms with Crippen LogP contribution in [0.1, 0.15) is 88.0 Å². The lowest BCUT2D eigenvalue weighted by atomic mass is 9.87. The molecule has 4 aromatic rings. The zero-order chi connectivity index (χ0) is 36.6. The summed E-state index contributed by atoms with van der Waals surface area (Å²) < 4.78 is 11.9. The van der Waals surface area contributed by atoms with Crippen LogP contribution in [0.3, 0.4) is 0 Å². The largest absolute Gasteiger partial charge is 0.475 e. The quantitative estimate of drug-likeness (QED) is 0.131. The monoisotopic (exact) mass is 682 g/mol. The summed E-state index contributed by atoms with van der Waals surface area (Å²) in [7, 11) is 1.71. The molecule has 9 nitrogen and oxygen atoms in total. The smallest absolute Gasteiger partial charge is 0.254 e. The van der Waals surface area contributed by atoms with E-state index in [1.807, 2.05) is 49.1 Å². The van der Waals surface area contributed by atoms with E-state index in [1.165, 1.54) is 0 Å². The third-order valence-corrected chi connectivity index (χ3v) is 8.35. The van der Waals surface area contributed by atoms with Gasteiger partial charge in [-0.2, -0.15) is 4.98 Å². The molecule has 0 aliphatic carbocycles. The Morgan fingerprint density at radius 1 is 0.880 bits per heavy atom. The van der Waals surface area contributed by atoms with Gasteiger partial charge >= 0.3 is 0 Å². The molecule has 0 N–H and O–H groups in total. The number of ether oxygens (including phenoxy) is 2. The molecule has 2 aromatic carbocycles. The highest BCUT2D eigenvalue weighted by atomic mass is 16.5. The first-order valence-corrected chi connectivity index (χ1v) is 17.5. The fourth-order valence-electron chi connectivity index (χ4n) is 6.27. The van der Waals surface area contributed by atoms with Crippen LogP contribution in [0.25, 0.3) is 11.3 Å². The van der Waals surface area contributed by atoms with E-state index in [-0.39, 0.29) is 37.4 Å². The second-order valence-corrected chi connectivity index (χ2v) is 15.8. The van der Waals surface area contributed by atoms with Crippen molar-refractivity contribution in [2.24, 2.45) is 10.8 Å². The average molecular weight is 683 g/mol. The Morgan fingerprint density at radius 3 is 2.22 bits per heavy atom. The van der Waals surface area contributed by atoms with Gasteiger partial charge in [-0.3, -0.25) is 9.78 Å². The summed E-state index contributed by atoms with van der Waals surface area (Å²) in [5.41, 5.74) is 6.45. The molecule has 0 saturated carbocycles. The summed E-state index contributed by atoms with van der Waals surface area (Å²) in [5.74, 6) is 1.78. The molecule has 0 unspecified atom stereocenters. The van der Waals surface area contributed by atoms with Gasteiger partial charge in [-0.05, 0) is 68.2 Å². The van der Waals surface area contributed by atoms with Gasteiger partial charge < -0.3 is 19.3 Å². The van der Waals surface area contributed by atoms with Crippen molar-refractivity contribution >= 4 is 11.7 Å². The van der Waals surface area contributed by atoms with Crippen LogP contribution in [0.5, 0.6) is 5.88 Å². The summed E-state index contributed by atoms with van der Waals surface area (Å²) in [4.78, 5) is 37.7. The maximum Gasteiger partial charge on any atom is 0.254 e. The molecule has 0 aliphatic rings. The van der Waals surface area contributed by atoms with E-state index in [1.54, 1.807) is 19.5 Å². The lowest BCUT2D eigenvalue weighted by Crippen LogP contribution is -2.45. The van der Waals surface area contributed by atoms with Crippen LogP contribution in [0, 0.1) is 38.5 Å². The molecular formula is C41H58N6O3. The van der Waals surface area contributed by atoms with Crippen LogP contribution >= 0.6 is 0 Å². The highest BCUT2D eigenvalue weighted by molar-refractivity contribution is 5.94. The second kappa shape index (κ2) is 16.6. The second-order valence-electron chi connectivity index (χ2n) is 15.8. The minimum absolute atomic E-state index is 0. The third-order valence-electron chi connectivity index (χ3n) is 8.35. The highest BCUT2D eigenvalue weighted by Gasteiger charge is 2.31. The van der Waals surface area contributed by atoms with Crippen molar-refractivity contribution in [2.45, 2.75) is 88.2 Å². The van der Waals surface area contributed by atoms with Gasteiger partial charge in [0, 0.05) is 38.8 Å². The Labute approximate surface area is 301 Å². The summed E-state index contributed by atoms with van der Waals surface area (Å²) in [6, 6.07) is 15.6. The number of rotatable bonds is 14. The molecule has 0 bridgehead atoms. The number of carbonyl (C=O) groups is 1. The fourth-order valence-corrected chi connectivity index (χ4v) is 6.27. The Bertz CT molecular complexity index is 1730. The number of aromatic nitrogens is 4. The number of benzene rings is 2. The van der Waals surface area contributed by atoms with Gasteiger partial charge in [0.1, 0.15) is 18.2 Å². The van der Waals surface area contributed by atoms with E-state index in [4.69, 9.17) is 19.4 Å². The Hall–Kier alpha value is -4.37. The average Bonchev–Trinajstić information content (AvgIpc) is 3.02. The molecular weight excluding hydrogens is 624 g/mol. The normalized spacial score (nSPS) is 12.5. The van der Waals surface area contributed by atoms with E-state index in [9.17, 15) is 4.79 Å². The predicted molar refractivity (Wildman–Crippen MR) is 204 cm³/mol. The zero-order valence-corrected chi connectivity index (χ0v) is 32.0. The van der Waals surface area contributed by atoms with Gasteiger partial charge in [-0.25, -0.2) is 9.97 Å². The van der Waals surface area contributed by atoms with E-state index in [0.29, 0.717) is 42.5 Å². The van der Waals surface area contributed by atoms with Gasteiger partial charge in [0.15, 0.2) is 0 Å². The highest BCUT2D eigenvalue weighted by Crippen LogP contribution is 2.30. The summed E-state index contributed by atoms with van der Waals surface area (Å²) in [6.07, 6.45) is 4.24. The van der Waals surface area contributed by atoms with Gasteiger partial charge in [0.2, 0.25) is 5.88 Å². The molecule has 4 rings (SSSR count). The van der Waals surface area contributed by atoms with Crippen LogP contribution in [-0.2, 0) is 11.3 Å². The van der Waals surface area contributed by atoms with Crippen molar-refractivity contribution in [3.8, 4) is 17.1 Å². The zero-order valence-electron chi connectivity index (χ0n) is 32.0. The molecule has 0 radical (unpaired) electrons. The number of carbonyl (C=O) groups excluding carboxylic acids is 1. The number of nitrogens with zero attached hydrogens (tertiary/aromatic N) is 6. The van der Waals surface area contributed by atoms with E-state index in [2.05, 4.69) is 88.5 Å². The standard InChI is InChI=1S/C41H56N6O3.H2/c1-28-14-12-17-32(20-28)39(48)47(25-33-23-42-24-36(45-33)46(18-19-49-11)27-41(8,9)10)34(22-40(5,6)7)26-50-37-21-35(43-31(4)44-37)38-29(2)15-13-16-30(38)3;/h12-17,20-21,23-24,34H,18-19,22,25-27H2,1-11H3;1H/t34-;/m1./s1. The minimum Gasteiger partial charge on any atom is -0.475 e. The maximum atomic E-state index is 14.5. The molecule has 9 heteroatoms. The Balaban J connectivity index is 0.00000702. The minimum atomic E-state index is -0.299. The Morgan fingerprint density at radius 2 is 1.58 bits per heavy atom. The number of methoxy groups -OCH3 is 1. The van der Waals surface area contributed by atoms with Gasteiger partial charge in [0.05, 0.1) is 43.0 Å². The van der Waals surface area contributed by atoms with Crippen LogP contribution in [0.15, 0.2) is 60.9 Å². The first-order chi connectivity index (χ1) is 23.5. The summed E-state index contributed by atoms with van der Waals surface area (Å²) >= 11 is 0. The van der Waals surface area contributed by atoms with E-state index in [0.717, 1.165) is 40.3 Å².